The van der Waals surface area contributed by atoms with Crippen molar-refractivity contribution in [3.05, 3.63) is 104 Å². The molecule has 1 aromatic heterocycles. The Balaban J connectivity index is 1.03. The molecule has 7 N–H and O–H groups in total. The minimum absolute atomic E-state index is 0.0341. The molecule has 1 saturated heterocycles. The first-order valence-corrected chi connectivity index (χ1v) is 19.3. The van der Waals surface area contributed by atoms with Crippen molar-refractivity contribution in [3.63, 3.8) is 0 Å². The molecule has 1 aliphatic heterocycles. The Hall–Kier alpha value is -6.98. The molecule has 22 nitrogen and oxygen atoms in total. The second-order valence-corrected chi connectivity index (χ2v) is 15.1. The number of rotatable bonds is 12. The van der Waals surface area contributed by atoms with E-state index >= 15 is 0 Å². The average molecular weight is 876 g/mol. The Kier molecular flexibility index (Phi) is 12.2. The molecule has 0 saturated carbocycles. The van der Waals surface area contributed by atoms with Crippen LogP contribution in [0.15, 0.2) is 48.7 Å². The van der Waals surface area contributed by atoms with Crippen LogP contribution in [0.5, 0.6) is 17.2 Å². The average Bonchev–Trinajstić information content (AvgIpc) is 3.63. The van der Waals surface area contributed by atoms with E-state index in [1.165, 1.54) is 56.0 Å². The van der Waals surface area contributed by atoms with E-state index in [4.69, 9.17) is 23.7 Å². The topological polar surface area (TPSA) is 318 Å². The summed E-state index contributed by atoms with van der Waals surface area (Å²) < 4.78 is 29.0. The van der Waals surface area contributed by atoms with Crippen LogP contribution in [0.25, 0.3) is 0 Å². The van der Waals surface area contributed by atoms with Gasteiger partial charge in [0.25, 0.3) is 0 Å². The lowest BCUT2D eigenvalue weighted by Crippen LogP contribution is -2.56. The van der Waals surface area contributed by atoms with Crippen LogP contribution in [0, 0.1) is 10.1 Å². The number of alkyl carbamates (subject to hydrolysis) is 1. The number of ketones is 3. The van der Waals surface area contributed by atoms with Gasteiger partial charge in [0.1, 0.15) is 48.4 Å². The Morgan fingerprint density at radius 3 is 2.38 bits per heavy atom. The number of aromatic hydroxyl groups is 2. The Labute approximate surface area is 356 Å². The fourth-order valence-corrected chi connectivity index (χ4v) is 7.91. The zero-order valence-electron chi connectivity index (χ0n) is 33.7. The van der Waals surface area contributed by atoms with Crippen molar-refractivity contribution in [1.82, 2.24) is 14.9 Å². The molecular weight excluding hydrogens is 834 g/mol. The molecular formula is C41H41N5O17. The lowest BCUT2D eigenvalue weighted by molar-refractivity contribution is -0.391. The molecule has 0 unspecified atom stereocenters. The molecule has 0 radical (unpaired) electrons. The van der Waals surface area contributed by atoms with Crippen LogP contribution in [0.4, 0.5) is 21.1 Å². The number of aliphatic hydroxyl groups is 3. The number of hydrogen-bond donors (Lipinski definition) is 7. The second-order valence-electron chi connectivity index (χ2n) is 15.1. The minimum Gasteiger partial charge on any atom is -0.507 e. The molecule has 332 valence electrons. The molecule has 1 fully saturated rings. The lowest BCUT2D eigenvalue weighted by Gasteiger charge is -2.42. The quantitative estimate of drug-likeness (QED) is 0.0537. The van der Waals surface area contributed by atoms with Gasteiger partial charge in [-0.3, -0.25) is 19.7 Å². The number of carbonyl (C=O) groups excluding carboxylic acids is 5. The van der Waals surface area contributed by atoms with E-state index in [1.54, 1.807) is 12.1 Å². The zero-order valence-corrected chi connectivity index (χ0v) is 33.7. The van der Waals surface area contributed by atoms with E-state index in [9.17, 15) is 59.6 Å². The lowest BCUT2D eigenvalue weighted by atomic mass is 9.72. The summed E-state index contributed by atoms with van der Waals surface area (Å²) in [6.07, 6.45) is -7.48. The number of aliphatic hydroxyl groups excluding tert-OH is 2. The van der Waals surface area contributed by atoms with Crippen LogP contribution in [-0.4, -0.2) is 113 Å². The highest BCUT2D eigenvalue weighted by Gasteiger charge is 2.50. The van der Waals surface area contributed by atoms with Gasteiger partial charge < -0.3 is 64.6 Å². The first-order valence-electron chi connectivity index (χ1n) is 19.3. The van der Waals surface area contributed by atoms with Gasteiger partial charge in [-0.2, -0.15) is 0 Å². The molecule has 22 heteroatoms. The molecule has 7 rings (SSSR count). The third-order valence-corrected chi connectivity index (χ3v) is 11.2. The van der Waals surface area contributed by atoms with Gasteiger partial charge in [0.05, 0.1) is 49.1 Å². The predicted molar refractivity (Wildman–Crippen MR) is 211 cm³/mol. The molecule has 2 heterocycles. The van der Waals surface area contributed by atoms with E-state index < -0.39 is 113 Å². The monoisotopic (exact) mass is 875 g/mol. The highest BCUT2D eigenvalue weighted by Crippen LogP contribution is 2.52. The maximum absolute atomic E-state index is 14.0. The molecule has 4 aromatic rings. The van der Waals surface area contributed by atoms with Gasteiger partial charge in [-0.1, -0.05) is 24.3 Å². The zero-order chi connectivity index (χ0) is 45.5. The first-order chi connectivity index (χ1) is 30.0. The standard InChI is InChI=1S/C41H41N5O17/c1-18-34(49)23(44-40(55)60-16-19-7-9-20(10-8-19)43-39(54)61-17-27-42-14-28(45(27)2)46(57)58)11-29(62-18)63-25-13-41(56,26(48)15-47)12-22-31(25)38(53)33-32(36(22)51)35(50)21-5-4-6-24(59-3)30(21)37(33)52/h4-10,14,18,23,25,29,34,47,49,51,53,56H,11-13,15-17H2,1-3H3,(H,43,54)(H,44,55)/t18-,23-,25-,29-,34+,41-/m0/s1. The number of nitrogens with one attached hydrogen (secondary N) is 2. The molecule has 3 aromatic carbocycles. The second kappa shape index (κ2) is 17.4. The van der Waals surface area contributed by atoms with Crippen LogP contribution in [0.3, 0.4) is 0 Å². The van der Waals surface area contributed by atoms with Gasteiger partial charge in [0.2, 0.25) is 11.6 Å². The number of methoxy groups -OCH3 is 1. The first kappa shape index (κ1) is 44.1. The van der Waals surface area contributed by atoms with Crippen LogP contribution in [-0.2, 0) is 50.4 Å². The van der Waals surface area contributed by atoms with E-state index in [0.29, 0.717) is 11.3 Å². The van der Waals surface area contributed by atoms with E-state index in [2.05, 4.69) is 15.6 Å². The number of Topliss-reactive ketones (excluding diaryl/α,β-unsaturated/α-hetero) is 1. The number of amides is 2. The third kappa shape index (κ3) is 8.36. The van der Waals surface area contributed by atoms with Crippen molar-refractivity contribution in [2.24, 2.45) is 7.05 Å². The summed E-state index contributed by atoms with van der Waals surface area (Å²) >= 11 is 0. The molecule has 0 spiro atoms. The fraction of sp³-hybridized carbons (Fsp3) is 0.366. The van der Waals surface area contributed by atoms with Crippen molar-refractivity contribution in [3.8, 4) is 17.2 Å². The summed E-state index contributed by atoms with van der Waals surface area (Å²) in [5.41, 5.74) is -3.49. The Bertz CT molecular complexity index is 2520. The van der Waals surface area contributed by atoms with Crippen molar-refractivity contribution in [2.45, 2.75) is 75.6 Å². The number of phenolic OH excluding ortho intramolecular Hbond substituents is 2. The maximum atomic E-state index is 14.0. The highest BCUT2D eigenvalue weighted by molar-refractivity contribution is 6.31. The minimum atomic E-state index is -2.39. The van der Waals surface area contributed by atoms with E-state index in [1.807, 2.05) is 0 Å². The summed E-state index contributed by atoms with van der Waals surface area (Å²) in [5, 5.41) is 71.8. The number of imidazole rings is 1. The summed E-state index contributed by atoms with van der Waals surface area (Å²) in [5.74, 6) is -4.39. The number of aromatic nitrogens is 2. The maximum Gasteiger partial charge on any atom is 0.412 e. The summed E-state index contributed by atoms with van der Waals surface area (Å²) in [4.78, 5) is 80.2. The Morgan fingerprint density at radius 2 is 1.71 bits per heavy atom. The number of nitrogens with zero attached hydrogens (tertiary/aromatic N) is 3. The molecule has 2 aliphatic carbocycles. The van der Waals surface area contributed by atoms with Gasteiger partial charge in [0.15, 0.2) is 24.5 Å². The SMILES string of the molecule is COc1cccc2c1C(=O)c1c(O)c3c(c(O)c1C2=O)C[C@@](O)(C(=O)CO)C[C@@H]3O[C@H]1C[C@H](NC(=O)OCc2ccc(NC(=O)OCc3ncc([N+](=O)[O-])n3C)cc2)[C@H](O)[C@H](C)O1. The van der Waals surface area contributed by atoms with Crippen molar-refractivity contribution in [1.29, 1.82) is 0 Å². The summed E-state index contributed by atoms with van der Waals surface area (Å²) in [6, 6.07) is 9.29. The normalized spacial score (nSPS) is 22.5. The number of phenols is 2. The fourth-order valence-electron chi connectivity index (χ4n) is 7.91. The summed E-state index contributed by atoms with van der Waals surface area (Å²) in [7, 11) is 2.70. The van der Waals surface area contributed by atoms with Gasteiger partial charge in [-0.05, 0) is 35.6 Å². The number of carbonyl (C=O) groups is 5. The van der Waals surface area contributed by atoms with Gasteiger partial charge in [-0.15, -0.1) is 0 Å². The number of hydrogen-bond acceptors (Lipinski definition) is 18. The van der Waals surface area contributed by atoms with Crippen LogP contribution in [0.2, 0.25) is 0 Å². The van der Waals surface area contributed by atoms with Gasteiger partial charge in [0, 0.05) is 41.6 Å². The Morgan fingerprint density at radius 1 is 1.02 bits per heavy atom. The molecule has 3 aliphatic rings. The van der Waals surface area contributed by atoms with Gasteiger partial charge in [-0.25, -0.2) is 19.1 Å². The number of ether oxygens (including phenoxy) is 5. The van der Waals surface area contributed by atoms with E-state index in [0.717, 1.165) is 6.20 Å². The summed E-state index contributed by atoms with van der Waals surface area (Å²) in [6.45, 7) is -0.213. The van der Waals surface area contributed by atoms with E-state index in [-0.39, 0.29) is 59.3 Å². The number of fused-ring (bicyclic) bond motifs is 3. The molecule has 6 atom stereocenters. The molecule has 0 bridgehead atoms. The largest absolute Gasteiger partial charge is 0.507 e. The van der Waals surface area contributed by atoms with Gasteiger partial charge >= 0.3 is 18.0 Å². The van der Waals surface area contributed by atoms with Crippen molar-refractivity contribution >= 4 is 41.0 Å². The third-order valence-electron chi connectivity index (χ3n) is 11.2. The highest BCUT2D eigenvalue weighted by atomic mass is 16.7. The molecule has 63 heavy (non-hydrogen) atoms. The van der Waals surface area contributed by atoms with Crippen LogP contribution >= 0.6 is 0 Å². The molecule has 2 amide bonds. The predicted octanol–water partition coefficient (Wildman–Crippen LogP) is 2.36. The van der Waals surface area contributed by atoms with Crippen LogP contribution < -0.4 is 15.4 Å². The smallest absolute Gasteiger partial charge is 0.412 e. The number of benzene rings is 3. The number of nitro groups is 1. The van der Waals surface area contributed by atoms with Crippen LogP contribution in [0.1, 0.15) is 80.2 Å². The van der Waals surface area contributed by atoms with Crippen molar-refractivity contribution < 1.29 is 78.1 Å². The number of anilines is 1. The van der Waals surface area contributed by atoms with Crippen molar-refractivity contribution in [2.75, 3.05) is 19.0 Å².